The Morgan fingerprint density at radius 3 is 2.23 bits per heavy atom. The number of halogens is 6. The zero-order chi connectivity index (χ0) is 28.3. The van der Waals surface area contributed by atoms with Crippen molar-refractivity contribution < 1.29 is 35.5 Å². The van der Waals surface area contributed by atoms with E-state index in [4.69, 9.17) is 4.42 Å². The van der Waals surface area contributed by atoms with Crippen molar-refractivity contribution in [1.29, 1.82) is 0 Å². The van der Waals surface area contributed by atoms with Gasteiger partial charge in [0.25, 0.3) is 6.01 Å². The summed E-state index contributed by atoms with van der Waals surface area (Å²) in [5.74, 6) is 0.102. The Labute approximate surface area is 227 Å². The molecule has 216 valence electrons. The molecule has 1 saturated heterocycles. The molecule has 2 unspecified atom stereocenters. The van der Waals surface area contributed by atoms with Crippen LogP contribution in [0.3, 0.4) is 0 Å². The molecule has 0 radical (unpaired) electrons. The lowest BCUT2D eigenvalue weighted by molar-refractivity contribution is -0.274. The molecule has 2 N–H and O–H groups in total. The van der Waals surface area contributed by atoms with Gasteiger partial charge in [-0.25, -0.2) is 4.98 Å². The number of oxazole rings is 1. The maximum absolute atomic E-state index is 12.9. The molecule has 2 heterocycles. The van der Waals surface area contributed by atoms with E-state index in [1.165, 1.54) is 42.6 Å². The predicted octanol–water partition coefficient (Wildman–Crippen LogP) is 7.24. The van der Waals surface area contributed by atoms with Gasteiger partial charge in [0.05, 0.1) is 11.8 Å². The molecule has 2 aromatic carbocycles. The monoisotopic (exact) mass is 568 g/mol. The maximum Gasteiger partial charge on any atom is 0.573 e. The molecule has 0 spiro atoms. The highest BCUT2D eigenvalue weighted by Crippen LogP contribution is 2.32. The second kappa shape index (κ2) is 11.6. The standard InChI is InChI=1S/C28H30F6N4O2/c29-27(30,31)19-9-11-21(12-10-19)38-15-3-4-20(17-38)36-23-5-1-2-6-24(23)37-26-35-16-25(39-26)18-7-13-22(14-8-18)40-28(32,33)34/h7-14,16,20,23-24,36H,1-6,15,17H2,(H,35,37)/t20-,23?,24?/m0/s1. The molecular formula is C28H30F6N4O2. The fraction of sp³-hybridized carbons (Fsp3) is 0.464. The summed E-state index contributed by atoms with van der Waals surface area (Å²) in [4.78, 5) is 6.44. The van der Waals surface area contributed by atoms with E-state index < -0.39 is 18.1 Å². The Balaban J connectivity index is 1.19. The summed E-state index contributed by atoms with van der Waals surface area (Å²) in [5, 5.41) is 7.15. The highest BCUT2D eigenvalue weighted by molar-refractivity contribution is 5.58. The molecule has 3 atom stereocenters. The summed E-state index contributed by atoms with van der Waals surface area (Å²) >= 11 is 0. The van der Waals surface area contributed by atoms with Crippen molar-refractivity contribution in [2.75, 3.05) is 23.3 Å². The van der Waals surface area contributed by atoms with Crippen LogP contribution in [0.15, 0.2) is 59.1 Å². The van der Waals surface area contributed by atoms with Gasteiger partial charge in [-0.1, -0.05) is 12.8 Å². The van der Waals surface area contributed by atoms with Gasteiger partial charge in [-0.05, 0) is 74.2 Å². The first kappa shape index (κ1) is 28.1. The van der Waals surface area contributed by atoms with E-state index in [0.717, 1.165) is 62.9 Å². The number of hydrogen-bond donors (Lipinski definition) is 2. The normalized spacial score (nSPS) is 22.2. The van der Waals surface area contributed by atoms with Gasteiger partial charge in [0.2, 0.25) is 0 Å². The summed E-state index contributed by atoms with van der Waals surface area (Å²) in [5.41, 5.74) is 0.698. The van der Waals surface area contributed by atoms with Crippen LogP contribution in [0.5, 0.6) is 5.75 Å². The second-order valence-electron chi connectivity index (χ2n) is 10.2. The van der Waals surface area contributed by atoms with Gasteiger partial charge in [-0.3, -0.25) is 0 Å². The molecule has 1 saturated carbocycles. The van der Waals surface area contributed by atoms with Gasteiger partial charge >= 0.3 is 12.5 Å². The maximum atomic E-state index is 12.9. The Morgan fingerprint density at radius 2 is 1.55 bits per heavy atom. The van der Waals surface area contributed by atoms with E-state index in [0.29, 0.717) is 23.9 Å². The van der Waals surface area contributed by atoms with Gasteiger partial charge in [-0.15, -0.1) is 13.2 Å². The van der Waals surface area contributed by atoms with E-state index in [1.807, 2.05) is 0 Å². The number of benzene rings is 2. The molecule has 3 aromatic rings. The van der Waals surface area contributed by atoms with Crippen LogP contribution >= 0.6 is 0 Å². The first-order chi connectivity index (χ1) is 19.0. The van der Waals surface area contributed by atoms with Crippen LogP contribution in [0.2, 0.25) is 0 Å². The third kappa shape index (κ3) is 7.21. The number of nitrogens with one attached hydrogen (secondary N) is 2. The first-order valence-corrected chi connectivity index (χ1v) is 13.3. The van der Waals surface area contributed by atoms with Crippen LogP contribution in [0.4, 0.5) is 38.0 Å². The number of hydrogen-bond acceptors (Lipinski definition) is 6. The van der Waals surface area contributed by atoms with Crippen molar-refractivity contribution in [2.45, 2.75) is 69.2 Å². The number of aromatic nitrogens is 1. The molecular weight excluding hydrogens is 538 g/mol. The van der Waals surface area contributed by atoms with Crippen LogP contribution in [0.1, 0.15) is 44.1 Å². The van der Waals surface area contributed by atoms with Crippen LogP contribution in [-0.4, -0.2) is 42.6 Å². The molecule has 0 amide bonds. The van der Waals surface area contributed by atoms with Gasteiger partial charge in [0, 0.05) is 42.5 Å². The fourth-order valence-electron chi connectivity index (χ4n) is 5.47. The van der Waals surface area contributed by atoms with Crippen LogP contribution in [0.25, 0.3) is 11.3 Å². The minimum atomic E-state index is -4.76. The summed E-state index contributed by atoms with van der Waals surface area (Å²) in [7, 11) is 0. The Kier molecular flexibility index (Phi) is 8.16. The predicted molar refractivity (Wildman–Crippen MR) is 138 cm³/mol. The molecule has 2 fully saturated rings. The molecule has 1 aliphatic carbocycles. The van der Waals surface area contributed by atoms with Crippen molar-refractivity contribution >= 4 is 11.7 Å². The minimum absolute atomic E-state index is 0.0595. The molecule has 1 aromatic heterocycles. The largest absolute Gasteiger partial charge is 0.573 e. The summed E-state index contributed by atoms with van der Waals surface area (Å²) in [6, 6.07) is 11.4. The first-order valence-electron chi connectivity index (χ1n) is 13.3. The lowest BCUT2D eigenvalue weighted by Gasteiger charge is -2.40. The van der Waals surface area contributed by atoms with Gasteiger partial charge in [-0.2, -0.15) is 13.2 Å². The average Bonchev–Trinajstić information content (AvgIpc) is 3.38. The van der Waals surface area contributed by atoms with Crippen molar-refractivity contribution in [3.05, 3.63) is 60.3 Å². The average molecular weight is 569 g/mol. The van der Waals surface area contributed by atoms with Gasteiger partial charge in [0.1, 0.15) is 5.75 Å². The number of alkyl halides is 6. The zero-order valence-corrected chi connectivity index (χ0v) is 21.6. The molecule has 1 aliphatic heterocycles. The Morgan fingerprint density at radius 1 is 0.850 bits per heavy atom. The molecule has 40 heavy (non-hydrogen) atoms. The quantitative estimate of drug-likeness (QED) is 0.293. The van der Waals surface area contributed by atoms with E-state index >= 15 is 0 Å². The molecule has 5 rings (SSSR count). The van der Waals surface area contributed by atoms with Crippen molar-refractivity contribution in [3.63, 3.8) is 0 Å². The highest BCUT2D eigenvalue weighted by atomic mass is 19.4. The van der Waals surface area contributed by atoms with E-state index in [2.05, 4.69) is 25.3 Å². The number of ether oxygens (including phenoxy) is 1. The molecule has 2 aliphatic rings. The Hall–Kier alpha value is -3.41. The summed E-state index contributed by atoms with van der Waals surface area (Å²) in [6.07, 6.45) is -1.69. The smallest absolute Gasteiger partial charge is 0.424 e. The van der Waals surface area contributed by atoms with E-state index in [9.17, 15) is 26.3 Å². The van der Waals surface area contributed by atoms with Crippen LogP contribution < -0.4 is 20.3 Å². The van der Waals surface area contributed by atoms with Gasteiger partial charge < -0.3 is 24.7 Å². The molecule has 0 bridgehead atoms. The number of anilines is 2. The van der Waals surface area contributed by atoms with E-state index in [-0.39, 0.29) is 23.9 Å². The summed E-state index contributed by atoms with van der Waals surface area (Å²) in [6.45, 7) is 1.49. The Bertz CT molecular complexity index is 1240. The van der Waals surface area contributed by atoms with Crippen molar-refractivity contribution in [3.8, 4) is 17.1 Å². The number of nitrogens with zero attached hydrogens (tertiary/aromatic N) is 2. The number of rotatable bonds is 7. The number of piperidine rings is 1. The van der Waals surface area contributed by atoms with E-state index in [1.54, 1.807) is 0 Å². The second-order valence-corrected chi connectivity index (χ2v) is 10.2. The van der Waals surface area contributed by atoms with Gasteiger partial charge in [0.15, 0.2) is 5.76 Å². The SMILES string of the molecule is FC(F)(F)Oc1ccc(-c2cnc(NC3CCCCC3N[C@H]3CCCN(c4ccc(C(F)(F)F)cc4)C3)o2)cc1. The van der Waals surface area contributed by atoms with Crippen molar-refractivity contribution in [1.82, 2.24) is 10.3 Å². The van der Waals surface area contributed by atoms with Crippen LogP contribution in [0, 0.1) is 0 Å². The lowest BCUT2D eigenvalue weighted by atomic mass is 9.89. The highest BCUT2D eigenvalue weighted by Gasteiger charge is 2.33. The molecule has 12 heteroatoms. The topological polar surface area (TPSA) is 62.6 Å². The fourth-order valence-corrected chi connectivity index (χ4v) is 5.47. The lowest BCUT2D eigenvalue weighted by Crippen LogP contribution is -2.54. The molecule has 6 nitrogen and oxygen atoms in total. The van der Waals surface area contributed by atoms with Crippen molar-refractivity contribution in [2.24, 2.45) is 0 Å². The third-order valence-corrected chi connectivity index (χ3v) is 7.38. The zero-order valence-electron chi connectivity index (χ0n) is 21.6. The third-order valence-electron chi connectivity index (χ3n) is 7.38. The van der Waals surface area contributed by atoms with Crippen LogP contribution in [-0.2, 0) is 6.18 Å². The summed E-state index contributed by atoms with van der Waals surface area (Å²) < 4.78 is 85.9. The minimum Gasteiger partial charge on any atom is -0.424 e.